The molecule has 0 amide bonds. The molecule has 0 aliphatic heterocycles. The number of rotatable bonds is 5. The van der Waals surface area contributed by atoms with Crippen molar-refractivity contribution >= 4 is 0 Å². The van der Waals surface area contributed by atoms with Gasteiger partial charge >= 0.3 is 0 Å². The Hall–Kier alpha value is -0.0400. The molecule has 0 heterocycles. The summed E-state index contributed by atoms with van der Waals surface area (Å²) in [5.74, 6) is 2.02. The van der Waals surface area contributed by atoms with Crippen molar-refractivity contribution in [3.63, 3.8) is 0 Å². The maximum absolute atomic E-state index is 3.79. The Morgan fingerprint density at radius 3 is 2.47 bits per heavy atom. The van der Waals surface area contributed by atoms with Gasteiger partial charge in [-0.05, 0) is 44.1 Å². The van der Waals surface area contributed by atoms with Crippen molar-refractivity contribution in [3.05, 3.63) is 0 Å². The molecule has 1 heteroatoms. The second-order valence-corrected chi connectivity index (χ2v) is 5.66. The molecule has 2 aliphatic carbocycles. The number of nitrogens with one attached hydrogen (secondary N) is 1. The van der Waals surface area contributed by atoms with Crippen LogP contribution in [0.15, 0.2) is 0 Å². The van der Waals surface area contributed by atoms with Crippen LogP contribution in [0.1, 0.15) is 64.7 Å². The summed E-state index contributed by atoms with van der Waals surface area (Å²) in [6.07, 6.45) is 13.2. The highest BCUT2D eigenvalue weighted by Gasteiger charge is 2.35. The summed E-state index contributed by atoms with van der Waals surface area (Å²) in [6, 6.07) is 0.896. The van der Waals surface area contributed by atoms with Crippen molar-refractivity contribution in [2.24, 2.45) is 11.8 Å². The quantitative estimate of drug-likeness (QED) is 0.680. The van der Waals surface area contributed by atoms with Crippen molar-refractivity contribution in [2.75, 3.05) is 6.54 Å². The molecule has 2 unspecified atom stereocenters. The second-order valence-electron chi connectivity index (χ2n) is 5.66. The van der Waals surface area contributed by atoms with E-state index in [1.165, 1.54) is 64.3 Å². The molecule has 2 rings (SSSR count). The minimum Gasteiger partial charge on any atom is -0.313 e. The minimum absolute atomic E-state index is 0.896. The molecule has 88 valence electrons. The van der Waals surface area contributed by atoms with Crippen LogP contribution in [0.5, 0.6) is 0 Å². The Morgan fingerprint density at radius 2 is 1.80 bits per heavy atom. The summed E-state index contributed by atoms with van der Waals surface area (Å²) in [4.78, 5) is 0. The van der Waals surface area contributed by atoms with Crippen molar-refractivity contribution in [1.82, 2.24) is 5.32 Å². The van der Waals surface area contributed by atoms with Gasteiger partial charge in [0.15, 0.2) is 0 Å². The largest absolute Gasteiger partial charge is 0.313 e. The summed E-state index contributed by atoms with van der Waals surface area (Å²) in [7, 11) is 0. The van der Waals surface area contributed by atoms with Crippen LogP contribution in [0.25, 0.3) is 0 Å². The number of hydrogen-bond acceptors (Lipinski definition) is 1. The van der Waals surface area contributed by atoms with E-state index in [2.05, 4.69) is 12.2 Å². The second kappa shape index (κ2) is 5.89. The molecule has 0 spiro atoms. The first kappa shape index (κ1) is 11.4. The third-order valence-corrected chi connectivity index (χ3v) is 4.23. The fourth-order valence-corrected chi connectivity index (χ4v) is 3.07. The third kappa shape index (κ3) is 3.79. The molecule has 0 aromatic heterocycles. The van der Waals surface area contributed by atoms with Crippen molar-refractivity contribution in [2.45, 2.75) is 70.8 Å². The predicted molar refractivity (Wildman–Crippen MR) is 66.0 cm³/mol. The van der Waals surface area contributed by atoms with Crippen LogP contribution >= 0.6 is 0 Å². The number of hydrogen-bond donors (Lipinski definition) is 1. The molecule has 2 saturated carbocycles. The maximum Gasteiger partial charge on any atom is 0.00992 e. The van der Waals surface area contributed by atoms with Gasteiger partial charge in [0.2, 0.25) is 0 Å². The zero-order valence-corrected chi connectivity index (χ0v) is 10.3. The molecule has 2 aliphatic rings. The van der Waals surface area contributed by atoms with Gasteiger partial charge in [-0.2, -0.15) is 0 Å². The van der Waals surface area contributed by atoms with Crippen molar-refractivity contribution in [1.29, 1.82) is 0 Å². The van der Waals surface area contributed by atoms with Crippen molar-refractivity contribution in [3.8, 4) is 0 Å². The lowest BCUT2D eigenvalue weighted by atomic mass is 10.0. The van der Waals surface area contributed by atoms with E-state index in [4.69, 9.17) is 0 Å². The summed E-state index contributed by atoms with van der Waals surface area (Å²) in [6.45, 7) is 3.62. The first-order chi connectivity index (χ1) is 7.40. The van der Waals surface area contributed by atoms with E-state index in [-0.39, 0.29) is 0 Å². The van der Waals surface area contributed by atoms with Gasteiger partial charge in [0.1, 0.15) is 0 Å². The van der Waals surface area contributed by atoms with Crippen LogP contribution in [0.4, 0.5) is 0 Å². The molecule has 1 nitrogen and oxygen atoms in total. The molecule has 0 saturated heterocycles. The van der Waals surface area contributed by atoms with Gasteiger partial charge in [-0.3, -0.25) is 0 Å². The molecule has 0 aromatic rings. The van der Waals surface area contributed by atoms with Gasteiger partial charge in [-0.25, -0.2) is 0 Å². The fraction of sp³-hybridized carbons (Fsp3) is 1.00. The summed E-state index contributed by atoms with van der Waals surface area (Å²) < 4.78 is 0. The molecule has 1 N–H and O–H groups in total. The van der Waals surface area contributed by atoms with Crippen LogP contribution in [0, 0.1) is 11.8 Å². The molecule has 15 heavy (non-hydrogen) atoms. The van der Waals surface area contributed by atoms with Gasteiger partial charge in [0, 0.05) is 6.04 Å². The summed E-state index contributed by atoms with van der Waals surface area (Å²) in [5, 5.41) is 3.79. The predicted octanol–water partition coefficient (Wildman–Crippen LogP) is 3.74. The zero-order valence-electron chi connectivity index (χ0n) is 10.3. The summed E-state index contributed by atoms with van der Waals surface area (Å²) in [5.41, 5.74) is 0. The molecule has 0 aromatic carbocycles. The van der Waals surface area contributed by atoms with Gasteiger partial charge in [-0.15, -0.1) is 0 Å². The van der Waals surface area contributed by atoms with Gasteiger partial charge in [0.25, 0.3) is 0 Å². The Labute approximate surface area is 95.0 Å². The lowest BCUT2D eigenvalue weighted by Gasteiger charge is -2.14. The molecule has 2 fully saturated rings. The normalized spacial score (nSPS) is 32.6. The SMILES string of the molecule is CCCC1CC1NCC1CCCCCC1. The zero-order chi connectivity index (χ0) is 10.5. The first-order valence-electron chi connectivity index (χ1n) is 7.13. The van der Waals surface area contributed by atoms with E-state index in [0.717, 1.165) is 17.9 Å². The van der Waals surface area contributed by atoms with Crippen LogP contribution in [-0.4, -0.2) is 12.6 Å². The lowest BCUT2D eigenvalue weighted by Crippen LogP contribution is -2.25. The van der Waals surface area contributed by atoms with Gasteiger partial charge in [-0.1, -0.05) is 39.0 Å². The summed E-state index contributed by atoms with van der Waals surface area (Å²) >= 11 is 0. The van der Waals surface area contributed by atoms with E-state index >= 15 is 0 Å². The Balaban J connectivity index is 1.57. The van der Waals surface area contributed by atoms with E-state index in [1.54, 1.807) is 0 Å². The molecular weight excluding hydrogens is 182 g/mol. The maximum atomic E-state index is 3.79. The van der Waals surface area contributed by atoms with Crippen LogP contribution in [-0.2, 0) is 0 Å². The van der Waals surface area contributed by atoms with Crippen molar-refractivity contribution < 1.29 is 0 Å². The fourth-order valence-electron chi connectivity index (χ4n) is 3.07. The molecule has 2 atom stereocenters. The van der Waals surface area contributed by atoms with E-state index < -0.39 is 0 Å². The highest BCUT2D eigenvalue weighted by Crippen LogP contribution is 2.35. The van der Waals surface area contributed by atoms with Gasteiger partial charge < -0.3 is 5.32 Å². The molecule has 0 bridgehead atoms. The van der Waals surface area contributed by atoms with Crippen LogP contribution in [0.3, 0.4) is 0 Å². The molecular formula is C14H27N. The lowest BCUT2D eigenvalue weighted by molar-refractivity contribution is 0.417. The van der Waals surface area contributed by atoms with Crippen LogP contribution in [0.2, 0.25) is 0 Å². The Bertz CT molecular complexity index is 170. The first-order valence-corrected chi connectivity index (χ1v) is 7.13. The average Bonchev–Trinajstić information content (AvgIpc) is 2.99. The van der Waals surface area contributed by atoms with E-state index in [0.29, 0.717) is 0 Å². The minimum atomic E-state index is 0.896. The standard InChI is InChI=1S/C14H27N/c1-2-7-13-10-14(13)15-11-12-8-5-3-4-6-9-12/h12-15H,2-11H2,1H3. The monoisotopic (exact) mass is 209 g/mol. The molecule has 0 radical (unpaired) electrons. The Kier molecular flexibility index (Phi) is 4.49. The topological polar surface area (TPSA) is 12.0 Å². The van der Waals surface area contributed by atoms with E-state index in [9.17, 15) is 0 Å². The average molecular weight is 209 g/mol. The highest BCUT2D eigenvalue weighted by molar-refractivity contribution is 4.92. The Morgan fingerprint density at radius 1 is 1.07 bits per heavy atom. The smallest absolute Gasteiger partial charge is 0.00992 e. The van der Waals surface area contributed by atoms with E-state index in [1.807, 2.05) is 0 Å². The third-order valence-electron chi connectivity index (χ3n) is 4.23. The van der Waals surface area contributed by atoms with Crippen LogP contribution < -0.4 is 5.32 Å². The highest BCUT2D eigenvalue weighted by atomic mass is 15.0. The van der Waals surface area contributed by atoms with Gasteiger partial charge in [0.05, 0.1) is 0 Å².